The van der Waals surface area contributed by atoms with Crippen molar-refractivity contribution < 1.29 is 14.6 Å². The number of benzene rings is 1. The number of carbonyl (C=O) groups excluding carboxylic acids is 1. The summed E-state index contributed by atoms with van der Waals surface area (Å²) in [5.41, 5.74) is 1.24. The van der Waals surface area contributed by atoms with Gasteiger partial charge < -0.3 is 15.2 Å². The van der Waals surface area contributed by atoms with E-state index >= 15 is 0 Å². The molecule has 0 saturated carbocycles. The van der Waals surface area contributed by atoms with Gasteiger partial charge in [-0.05, 0) is 26.0 Å². The van der Waals surface area contributed by atoms with Crippen LogP contribution in [0.4, 0.5) is 5.69 Å². The Morgan fingerprint density at radius 1 is 1.48 bits per heavy atom. The maximum atomic E-state index is 12.3. The summed E-state index contributed by atoms with van der Waals surface area (Å²) in [6.45, 7) is 4.11. The van der Waals surface area contributed by atoms with E-state index in [4.69, 9.17) is 9.84 Å². The van der Waals surface area contributed by atoms with Gasteiger partial charge in [0, 0.05) is 5.38 Å². The van der Waals surface area contributed by atoms with Gasteiger partial charge >= 0.3 is 0 Å². The molecule has 0 bridgehead atoms. The highest BCUT2D eigenvalue weighted by Crippen LogP contribution is 2.26. The SMILES string of the molecule is CCOc1ccccc1NC(=O)C(C)c1nc(CO)cs1. The lowest BCUT2D eigenvalue weighted by molar-refractivity contribution is -0.117. The lowest BCUT2D eigenvalue weighted by atomic mass is 10.1. The van der Waals surface area contributed by atoms with Crippen molar-refractivity contribution in [2.75, 3.05) is 11.9 Å². The van der Waals surface area contributed by atoms with Gasteiger partial charge in [-0.1, -0.05) is 12.1 Å². The Hall–Kier alpha value is -1.92. The van der Waals surface area contributed by atoms with Crippen LogP contribution in [0.25, 0.3) is 0 Å². The third-order valence-corrected chi connectivity index (χ3v) is 4.02. The molecule has 1 amide bonds. The molecule has 0 aliphatic rings. The van der Waals surface area contributed by atoms with Crippen molar-refractivity contribution in [2.24, 2.45) is 0 Å². The summed E-state index contributed by atoms with van der Waals surface area (Å²) in [5, 5.41) is 14.3. The van der Waals surface area contributed by atoms with Gasteiger partial charge in [0.15, 0.2) is 0 Å². The van der Waals surface area contributed by atoms with E-state index in [9.17, 15) is 4.79 Å². The Morgan fingerprint density at radius 3 is 2.90 bits per heavy atom. The van der Waals surface area contributed by atoms with Crippen molar-refractivity contribution in [1.82, 2.24) is 4.98 Å². The number of carbonyl (C=O) groups is 1. The van der Waals surface area contributed by atoms with Gasteiger partial charge in [-0.3, -0.25) is 4.79 Å². The maximum absolute atomic E-state index is 12.3. The van der Waals surface area contributed by atoms with Crippen LogP contribution in [-0.4, -0.2) is 22.6 Å². The number of anilines is 1. The number of nitrogens with one attached hydrogen (secondary N) is 1. The number of hydrogen-bond acceptors (Lipinski definition) is 5. The van der Waals surface area contributed by atoms with Gasteiger partial charge in [-0.25, -0.2) is 4.98 Å². The molecule has 2 aromatic rings. The molecule has 21 heavy (non-hydrogen) atoms. The number of hydrogen-bond donors (Lipinski definition) is 2. The molecule has 0 aliphatic carbocycles. The molecule has 2 N–H and O–H groups in total. The first-order valence-electron chi connectivity index (χ1n) is 6.73. The third-order valence-electron chi connectivity index (χ3n) is 2.94. The molecule has 0 aliphatic heterocycles. The molecule has 1 aromatic heterocycles. The Bertz CT molecular complexity index is 612. The molecular weight excluding hydrogens is 288 g/mol. The molecule has 1 atom stereocenters. The van der Waals surface area contributed by atoms with Crippen molar-refractivity contribution in [1.29, 1.82) is 0 Å². The monoisotopic (exact) mass is 306 g/mol. The van der Waals surface area contributed by atoms with E-state index in [0.717, 1.165) is 0 Å². The number of para-hydroxylation sites is 2. The predicted octanol–water partition coefficient (Wildman–Crippen LogP) is 2.78. The highest BCUT2D eigenvalue weighted by atomic mass is 32.1. The van der Waals surface area contributed by atoms with Crippen molar-refractivity contribution in [3.05, 3.63) is 40.3 Å². The standard InChI is InChI=1S/C15H18N2O3S/c1-3-20-13-7-5-4-6-12(13)17-14(19)10(2)15-16-11(8-18)9-21-15/h4-7,9-10,18H,3,8H2,1-2H3,(H,17,19). The van der Waals surface area contributed by atoms with Crippen molar-refractivity contribution in [3.8, 4) is 5.75 Å². The Balaban J connectivity index is 2.10. The van der Waals surface area contributed by atoms with Gasteiger partial charge in [-0.2, -0.15) is 0 Å². The Kier molecular flexibility index (Phi) is 5.30. The minimum Gasteiger partial charge on any atom is -0.492 e. The van der Waals surface area contributed by atoms with E-state index < -0.39 is 0 Å². The number of amides is 1. The maximum Gasteiger partial charge on any atom is 0.234 e. The molecule has 6 heteroatoms. The van der Waals surface area contributed by atoms with E-state index in [1.807, 2.05) is 25.1 Å². The first-order chi connectivity index (χ1) is 10.2. The van der Waals surface area contributed by atoms with Crippen LogP contribution in [0.15, 0.2) is 29.6 Å². The molecular formula is C15H18N2O3S. The van der Waals surface area contributed by atoms with Crippen LogP contribution in [0.5, 0.6) is 5.75 Å². The van der Waals surface area contributed by atoms with Gasteiger partial charge in [0.2, 0.25) is 5.91 Å². The number of nitrogens with zero attached hydrogens (tertiary/aromatic N) is 1. The predicted molar refractivity (Wildman–Crippen MR) is 82.7 cm³/mol. The molecule has 0 saturated heterocycles. The van der Waals surface area contributed by atoms with Crippen LogP contribution in [0, 0.1) is 0 Å². The Labute approximate surface area is 127 Å². The fraction of sp³-hybridized carbons (Fsp3) is 0.333. The van der Waals surface area contributed by atoms with Gasteiger partial charge in [0.1, 0.15) is 10.8 Å². The molecule has 112 valence electrons. The highest BCUT2D eigenvalue weighted by Gasteiger charge is 2.20. The second-order valence-electron chi connectivity index (χ2n) is 4.48. The van der Waals surface area contributed by atoms with Gasteiger partial charge in [-0.15, -0.1) is 11.3 Å². The van der Waals surface area contributed by atoms with Crippen molar-refractivity contribution in [2.45, 2.75) is 26.4 Å². The molecule has 2 rings (SSSR count). The van der Waals surface area contributed by atoms with Gasteiger partial charge in [0.25, 0.3) is 0 Å². The lowest BCUT2D eigenvalue weighted by Crippen LogP contribution is -2.19. The zero-order chi connectivity index (χ0) is 15.2. The van der Waals surface area contributed by atoms with Crippen molar-refractivity contribution in [3.63, 3.8) is 0 Å². The summed E-state index contributed by atoms with van der Waals surface area (Å²) in [6.07, 6.45) is 0. The zero-order valence-electron chi connectivity index (χ0n) is 12.0. The van der Waals surface area contributed by atoms with E-state index in [1.165, 1.54) is 11.3 Å². The number of aliphatic hydroxyl groups is 1. The minimum absolute atomic E-state index is 0.113. The zero-order valence-corrected chi connectivity index (χ0v) is 12.8. The summed E-state index contributed by atoms with van der Waals surface area (Å²) in [7, 11) is 0. The number of rotatable bonds is 6. The smallest absolute Gasteiger partial charge is 0.234 e. The molecule has 1 unspecified atom stereocenters. The summed E-state index contributed by atoms with van der Waals surface area (Å²) in [6, 6.07) is 7.32. The van der Waals surface area contributed by atoms with E-state index in [1.54, 1.807) is 18.4 Å². The highest BCUT2D eigenvalue weighted by molar-refractivity contribution is 7.09. The van der Waals surface area contributed by atoms with E-state index in [0.29, 0.717) is 28.7 Å². The largest absolute Gasteiger partial charge is 0.492 e. The van der Waals surface area contributed by atoms with Crippen LogP contribution in [-0.2, 0) is 11.4 Å². The number of ether oxygens (including phenoxy) is 1. The quantitative estimate of drug-likeness (QED) is 0.861. The van der Waals surface area contributed by atoms with Gasteiger partial charge in [0.05, 0.1) is 30.5 Å². The van der Waals surface area contributed by atoms with E-state index in [2.05, 4.69) is 10.3 Å². The molecule has 1 heterocycles. The number of aromatic nitrogens is 1. The molecule has 0 radical (unpaired) electrons. The molecule has 1 aromatic carbocycles. The normalized spacial score (nSPS) is 12.0. The number of aliphatic hydroxyl groups excluding tert-OH is 1. The average Bonchev–Trinajstić information content (AvgIpc) is 2.97. The van der Waals surface area contributed by atoms with Crippen LogP contribution < -0.4 is 10.1 Å². The van der Waals surface area contributed by atoms with E-state index in [-0.39, 0.29) is 18.4 Å². The van der Waals surface area contributed by atoms with Crippen LogP contribution in [0.3, 0.4) is 0 Å². The van der Waals surface area contributed by atoms with Crippen molar-refractivity contribution >= 4 is 22.9 Å². The number of thiazole rings is 1. The summed E-state index contributed by atoms with van der Waals surface area (Å²) >= 11 is 1.37. The summed E-state index contributed by atoms with van der Waals surface area (Å²) in [5.74, 6) is 0.113. The Morgan fingerprint density at radius 2 is 2.24 bits per heavy atom. The third kappa shape index (κ3) is 3.80. The molecule has 5 nitrogen and oxygen atoms in total. The van der Waals surface area contributed by atoms with Crippen LogP contribution in [0.2, 0.25) is 0 Å². The fourth-order valence-electron chi connectivity index (χ4n) is 1.80. The topological polar surface area (TPSA) is 71.5 Å². The first kappa shape index (κ1) is 15.5. The van der Waals surface area contributed by atoms with Crippen LogP contribution in [0.1, 0.15) is 30.5 Å². The summed E-state index contributed by atoms with van der Waals surface area (Å²) in [4.78, 5) is 16.5. The fourth-order valence-corrected chi connectivity index (χ4v) is 2.66. The summed E-state index contributed by atoms with van der Waals surface area (Å²) < 4.78 is 5.48. The second kappa shape index (κ2) is 7.19. The second-order valence-corrected chi connectivity index (χ2v) is 5.36. The molecule has 0 fully saturated rings. The van der Waals surface area contributed by atoms with Crippen LogP contribution >= 0.6 is 11.3 Å². The lowest BCUT2D eigenvalue weighted by Gasteiger charge is -2.13. The minimum atomic E-state index is -0.384. The average molecular weight is 306 g/mol. The molecule has 0 spiro atoms. The first-order valence-corrected chi connectivity index (χ1v) is 7.61.